The number of phenols is 1. The molecule has 5 nitrogen and oxygen atoms in total. The number of phenolic OH excluding ortho intramolecular Hbond substituents is 1. The lowest BCUT2D eigenvalue weighted by Crippen LogP contribution is -2.30. The van der Waals surface area contributed by atoms with Crippen molar-refractivity contribution in [1.82, 2.24) is 4.72 Å². The molecule has 0 spiro atoms. The molecule has 3 N–H and O–H groups in total. The largest absolute Gasteiger partial charge is 0.506 e. The summed E-state index contributed by atoms with van der Waals surface area (Å²) in [6.07, 6.45) is 0.709. The van der Waals surface area contributed by atoms with E-state index in [0.29, 0.717) is 13.0 Å². The molecular weight excluding hydrogens is 228 g/mol. The van der Waals surface area contributed by atoms with E-state index < -0.39 is 10.2 Å². The maximum absolute atomic E-state index is 11.5. The van der Waals surface area contributed by atoms with Crippen LogP contribution in [0.1, 0.15) is 18.9 Å². The number of hydrogen-bond acceptors (Lipinski definition) is 3. The fourth-order valence-corrected chi connectivity index (χ4v) is 2.15. The van der Waals surface area contributed by atoms with Gasteiger partial charge in [0, 0.05) is 6.54 Å². The molecule has 1 rings (SSSR count). The Balaban J connectivity index is 2.80. The topological polar surface area (TPSA) is 78.4 Å². The van der Waals surface area contributed by atoms with E-state index in [2.05, 4.69) is 9.44 Å². The summed E-state index contributed by atoms with van der Waals surface area (Å²) < 4.78 is 27.5. The second-order valence-corrected chi connectivity index (χ2v) is 5.02. The van der Waals surface area contributed by atoms with Gasteiger partial charge in [-0.05, 0) is 31.0 Å². The monoisotopic (exact) mass is 244 g/mol. The van der Waals surface area contributed by atoms with Crippen LogP contribution in [-0.2, 0) is 10.2 Å². The third-order valence-corrected chi connectivity index (χ3v) is 3.01. The number of aromatic hydroxyl groups is 1. The van der Waals surface area contributed by atoms with Crippen molar-refractivity contribution < 1.29 is 13.5 Å². The molecule has 6 heteroatoms. The Kier molecular flexibility index (Phi) is 4.14. The van der Waals surface area contributed by atoms with E-state index in [-0.39, 0.29) is 11.4 Å². The molecule has 1 aromatic carbocycles. The van der Waals surface area contributed by atoms with Crippen LogP contribution in [0.2, 0.25) is 0 Å². The Morgan fingerprint density at radius 3 is 2.62 bits per heavy atom. The predicted octanol–water partition coefficient (Wildman–Crippen LogP) is 1.36. The van der Waals surface area contributed by atoms with Crippen molar-refractivity contribution in [2.45, 2.75) is 20.3 Å². The van der Waals surface area contributed by atoms with Crippen molar-refractivity contribution in [3.05, 3.63) is 23.8 Å². The van der Waals surface area contributed by atoms with Crippen molar-refractivity contribution in [2.75, 3.05) is 11.3 Å². The van der Waals surface area contributed by atoms with Crippen molar-refractivity contribution in [1.29, 1.82) is 0 Å². The normalized spacial score (nSPS) is 11.4. The molecule has 0 heterocycles. The number of anilines is 1. The highest BCUT2D eigenvalue weighted by atomic mass is 32.2. The molecule has 0 amide bonds. The summed E-state index contributed by atoms with van der Waals surface area (Å²) in [4.78, 5) is 0. The zero-order chi connectivity index (χ0) is 12.2. The minimum atomic E-state index is -3.59. The first-order chi connectivity index (χ1) is 7.44. The highest BCUT2D eigenvalue weighted by Gasteiger charge is 2.11. The Morgan fingerprint density at radius 2 is 2.06 bits per heavy atom. The number of aryl methyl sites for hydroxylation is 1. The summed E-state index contributed by atoms with van der Waals surface area (Å²) in [5, 5.41) is 9.53. The molecule has 0 fully saturated rings. The van der Waals surface area contributed by atoms with Crippen LogP contribution in [0.25, 0.3) is 0 Å². The van der Waals surface area contributed by atoms with E-state index in [9.17, 15) is 13.5 Å². The molecule has 0 aromatic heterocycles. The van der Waals surface area contributed by atoms with Gasteiger partial charge in [0.25, 0.3) is 10.2 Å². The van der Waals surface area contributed by atoms with Crippen LogP contribution in [0, 0.1) is 6.92 Å². The Labute approximate surface area is 95.7 Å². The lowest BCUT2D eigenvalue weighted by atomic mass is 10.2. The van der Waals surface area contributed by atoms with Gasteiger partial charge in [-0.1, -0.05) is 13.0 Å². The third kappa shape index (κ3) is 3.71. The van der Waals surface area contributed by atoms with Crippen LogP contribution >= 0.6 is 0 Å². The molecule has 0 atom stereocenters. The maximum Gasteiger partial charge on any atom is 0.299 e. The average molecular weight is 244 g/mol. The maximum atomic E-state index is 11.5. The van der Waals surface area contributed by atoms with E-state index in [1.165, 1.54) is 12.1 Å². The third-order valence-electron chi connectivity index (χ3n) is 1.94. The van der Waals surface area contributed by atoms with Crippen molar-refractivity contribution >= 4 is 15.9 Å². The van der Waals surface area contributed by atoms with Gasteiger partial charge in [-0.25, -0.2) is 0 Å². The molecule has 1 aromatic rings. The smallest absolute Gasteiger partial charge is 0.299 e. The van der Waals surface area contributed by atoms with E-state index >= 15 is 0 Å². The van der Waals surface area contributed by atoms with E-state index in [1.54, 1.807) is 6.07 Å². The summed E-state index contributed by atoms with van der Waals surface area (Å²) in [5.41, 5.74) is 1.04. The minimum absolute atomic E-state index is 0.0816. The van der Waals surface area contributed by atoms with Crippen LogP contribution in [-0.4, -0.2) is 20.1 Å². The second-order valence-electron chi connectivity index (χ2n) is 3.52. The van der Waals surface area contributed by atoms with Gasteiger partial charge in [-0.15, -0.1) is 0 Å². The second kappa shape index (κ2) is 5.18. The van der Waals surface area contributed by atoms with Gasteiger partial charge in [-0.2, -0.15) is 13.1 Å². The SMILES string of the molecule is CCCNS(=O)(=O)Nc1ccc(C)cc1O. The fourth-order valence-electron chi connectivity index (χ4n) is 1.15. The van der Waals surface area contributed by atoms with Crippen LogP contribution < -0.4 is 9.44 Å². The zero-order valence-corrected chi connectivity index (χ0v) is 10.1. The van der Waals surface area contributed by atoms with Crippen LogP contribution in [0.4, 0.5) is 5.69 Å². The fraction of sp³-hybridized carbons (Fsp3) is 0.400. The Bertz CT molecular complexity index is 457. The molecule has 0 aliphatic rings. The summed E-state index contributed by atoms with van der Waals surface area (Å²) in [5.74, 6) is -0.0816. The van der Waals surface area contributed by atoms with E-state index in [1.807, 2.05) is 13.8 Å². The summed E-state index contributed by atoms with van der Waals surface area (Å²) in [6.45, 7) is 4.04. The molecule has 0 aliphatic carbocycles. The molecule has 0 saturated carbocycles. The quantitative estimate of drug-likeness (QED) is 0.684. The first-order valence-corrected chi connectivity index (χ1v) is 6.50. The summed E-state index contributed by atoms with van der Waals surface area (Å²) in [7, 11) is -3.59. The molecule has 16 heavy (non-hydrogen) atoms. The molecule has 0 bridgehead atoms. The predicted molar refractivity (Wildman–Crippen MR) is 63.7 cm³/mol. The van der Waals surface area contributed by atoms with Gasteiger partial charge >= 0.3 is 0 Å². The molecule has 0 saturated heterocycles. The van der Waals surface area contributed by atoms with Crippen molar-refractivity contribution in [2.24, 2.45) is 0 Å². The average Bonchev–Trinajstić information content (AvgIpc) is 2.19. The highest BCUT2D eigenvalue weighted by Crippen LogP contribution is 2.24. The standard InChI is InChI=1S/C10H16N2O3S/c1-3-6-11-16(14,15)12-9-5-4-8(2)7-10(9)13/h4-5,7,11-13H,3,6H2,1-2H3. The Morgan fingerprint density at radius 1 is 1.38 bits per heavy atom. The van der Waals surface area contributed by atoms with Gasteiger partial charge < -0.3 is 5.11 Å². The Hall–Kier alpha value is -1.27. The van der Waals surface area contributed by atoms with E-state index in [0.717, 1.165) is 5.56 Å². The van der Waals surface area contributed by atoms with E-state index in [4.69, 9.17) is 0 Å². The number of nitrogens with one attached hydrogen (secondary N) is 2. The summed E-state index contributed by atoms with van der Waals surface area (Å²) >= 11 is 0. The van der Waals surface area contributed by atoms with Crippen LogP contribution in [0.5, 0.6) is 5.75 Å². The first kappa shape index (κ1) is 12.8. The molecular formula is C10H16N2O3S. The molecule has 0 aliphatic heterocycles. The molecule has 90 valence electrons. The van der Waals surface area contributed by atoms with Crippen LogP contribution in [0.15, 0.2) is 18.2 Å². The van der Waals surface area contributed by atoms with Gasteiger partial charge in [0.15, 0.2) is 0 Å². The molecule has 0 unspecified atom stereocenters. The zero-order valence-electron chi connectivity index (χ0n) is 9.32. The number of rotatable bonds is 5. The van der Waals surface area contributed by atoms with Gasteiger partial charge in [-0.3, -0.25) is 4.72 Å². The first-order valence-electron chi connectivity index (χ1n) is 5.01. The lowest BCUT2D eigenvalue weighted by Gasteiger charge is -2.10. The van der Waals surface area contributed by atoms with Gasteiger partial charge in [0.05, 0.1) is 5.69 Å². The molecule has 0 radical (unpaired) electrons. The lowest BCUT2D eigenvalue weighted by molar-refractivity contribution is 0.477. The van der Waals surface area contributed by atoms with Crippen molar-refractivity contribution in [3.8, 4) is 5.75 Å². The van der Waals surface area contributed by atoms with Gasteiger partial charge in [0.1, 0.15) is 5.75 Å². The van der Waals surface area contributed by atoms with Crippen molar-refractivity contribution in [3.63, 3.8) is 0 Å². The van der Waals surface area contributed by atoms with Crippen LogP contribution in [0.3, 0.4) is 0 Å². The minimum Gasteiger partial charge on any atom is -0.506 e. The number of benzene rings is 1. The number of hydrogen-bond donors (Lipinski definition) is 3. The van der Waals surface area contributed by atoms with Gasteiger partial charge in [0.2, 0.25) is 0 Å². The highest BCUT2D eigenvalue weighted by molar-refractivity contribution is 7.90. The summed E-state index contributed by atoms with van der Waals surface area (Å²) in [6, 6.07) is 4.74.